The van der Waals surface area contributed by atoms with E-state index in [9.17, 15) is 0 Å². The Morgan fingerprint density at radius 2 is 1.15 bits per heavy atom. The lowest BCUT2D eigenvalue weighted by atomic mass is 9.64. The van der Waals surface area contributed by atoms with E-state index in [1.54, 1.807) is 18.2 Å². The van der Waals surface area contributed by atoms with Gasteiger partial charge in [0.05, 0.1) is 11.0 Å². The summed E-state index contributed by atoms with van der Waals surface area (Å²) in [5.41, 5.74) is -8.01. The average Bonchev–Trinajstić information content (AvgIpc) is 3.29. The summed E-state index contributed by atoms with van der Waals surface area (Å²) in [7, 11) is 0.517. The molecule has 0 aliphatic heterocycles. The Balaban J connectivity index is 2.15. The molecule has 0 amide bonds. The number of ether oxygens (including phenoxy) is 1. The zero-order valence-electron chi connectivity index (χ0n) is 24.5. The van der Waals surface area contributed by atoms with E-state index in [1.807, 2.05) is 41.0 Å². The van der Waals surface area contributed by atoms with Crippen molar-refractivity contribution in [1.29, 1.82) is 0 Å². The standard InChI is InChI=1S/C33H37F6NO/c1-8-28(3,4)31(35,36)30(34,33(39,41-7)32(37,38)29(5,6)9-2)22-19-20-27-25(21-22)24-17-13-14-18-26(24)40(27)23-15-11-10-12-16-23/h10-21H,8-9H2,1-7H3. The fourth-order valence-corrected chi connectivity index (χ4v) is 5.44. The van der Waals surface area contributed by atoms with Crippen molar-refractivity contribution in [3.8, 4) is 5.69 Å². The van der Waals surface area contributed by atoms with Gasteiger partial charge in [0, 0.05) is 40.0 Å². The van der Waals surface area contributed by atoms with Gasteiger partial charge in [-0.2, -0.15) is 8.78 Å². The molecule has 0 bridgehead atoms. The van der Waals surface area contributed by atoms with Crippen LogP contribution in [0.25, 0.3) is 27.5 Å². The van der Waals surface area contributed by atoms with Gasteiger partial charge in [-0.25, -0.2) is 17.6 Å². The number of methoxy groups -OCH3 is 1. The Morgan fingerprint density at radius 1 is 0.634 bits per heavy atom. The van der Waals surface area contributed by atoms with Crippen molar-refractivity contribution in [3.05, 3.63) is 78.4 Å². The second-order valence-electron chi connectivity index (χ2n) is 12.0. The van der Waals surface area contributed by atoms with Crippen molar-refractivity contribution in [2.45, 2.75) is 77.8 Å². The molecule has 0 fully saturated rings. The quantitative estimate of drug-likeness (QED) is 0.171. The summed E-state index contributed by atoms with van der Waals surface area (Å²) in [6, 6.07) is 19.7. The van der Waals surface area contributed by atoms with E-state index >= 15 is 26.3 Å². The van der Waals surface area contributed by atoms with Gasteiger partial charge in [-0.15, -0.1) is 0 Å². The number of halogens is 6. The smallest absolute Gasteiger partial charge is 0.318 e. The molecule has 1 heterocycles. The van der Waals surface area contributed by atoms with Gasteiger partial charge in [-0.3, -0.25) is 0 Å². The van der Waals surface area contributed by atoms with Crippen LogP contribution in [0.5, 0.6) is 0 Å². The number of rotatable bonds is 10. The highest BCUT2D eigenvalue weighted by Gasteiger charge is 2.83. The first-order valence-corrected chi connectivity index (χ1v) is 13.8. The van der Waals surface area contributed by atoms with Crippen LogP contribution in [0.1, 0.15) is 59.9 Å². The van der Waals surface area contributed by atoms with Crippen LogP contribution in [0.2, 0.25) is 0 Å². The molecule has 4 aromatic rings. The zero-order valence-corrected chi connectivity index (χ0v) is 24.5. The molecule has 3 aromatic carbocycles. The molecule has 8 heteroatoms. The molecule has 4 rings (SSSR count). The predicted molar refractivity (Wildman–Crippen MR) is 152 cm³/mol. The number of nitrogens with zero attached hydrogens (tertiary/aromatic N) is 1. The van der Waals surface area contributed by atoms with E-state index in [-0.39, 0.29) is 12.8 Å². The second kappa shape index (κ2) is 10.1. The molecule has 0 saturated carbocycles. The number of benzene rings is 3. The molecule has 2 atom stereocenters. The van der Waals surface area contributed by atoms with Crippen molar-refractivity contribution in [1.82, 2.24) is 4.57 Å². The van der Waals surface area contributed by atoms with Crippen molar-refractivity contribution < 1.29 is 31.1 Å². The van der Waals surface area contributed by atoms with Gasteiger partial charge in [0.25, 0.3) is 11.6 Å². The number of fused-ring (bicyclic) bond motifs is 3. The van der Waals surface area contributed by atoms with Crippen LogP contribution in [0, 0.1) is 10.8 Å². The van der Waals surface area contributed by atoms with Gasteiger partial charge in [-0.1, -0.05) is 84.0 Å². The molecule has 222 valence electrons. The third-order valence-electron chi connectivity index (χ3n) is 9.11. The minimum absolute atomic E-state index is 0.311. The van der Waals surface area contributed by atoms with Crippen LogP contribution in [0.15, 0.2) is 72.8 Å². The summed E-state index contributed by atoms with van der Waals surface area (Å²) in [6.07, 6.45) is -0.638. The molecule has 0 aliphatic carbocycles. The maximum absolute atomic E-state index is 17.7. The molecule has 41 heavy (non-hydrogen) atoms. The van der Waals surface area contributed by atoms with E-state index < -0.39 is 39.8 Å². The van der Waals surface area contributed by atoms with Crippen LogP contribution < -0.4 is 0 Å². The Morgan fingerprint density at radius 3 is 1.71 bits per heavy atom. The summed E-state index contributed by atoms with van der Waals surface area (Å²) < 4.78 is 107. The van der Waals surface area contributed by atoms with Crippen molar-refractivity contribution in [2.24, 2.45) is 10.8 Å². The minimum atomic E-state index is -4.74. The van der Waals surface area contributed by atoms with Gasteiger partial charge in [0.1, 0.15) is 0 Å². The van der Waals surface area contributed by atoms with Crippen LogP contribution in [0.3, 0.4) is 0 Å². The van der Waals surface area contributed by atoms with E-state index in [0.29, 0.717) is 28.9 Å². The van der Waals surface area contributed by atoms with Gasteiger partial charge >= 0.3 is 11.8 Å². The fourth-order valence-electron chi connectivity index (χ4n) is 5.44. The first-order valence-electron chi connectivity index (χ1n) is 13.8. The highest BCUT2D eigenvalue weighted by molar-refractivity contribution is 6.09. The molecule has 0 aliphatic rings. The lowest BCUT2D eigenvalue weighted by Gasteiger charge is -2.53. The number of aromatic nitrogens is 1. The maximum atomic E-state index is 17.7. The number of para-hydroxylation sites is 2. The Hall–Kier alpha value is -3.00. The molecule has 1 aromatic heterocycles. The van der Waals surface area contributed by atoms with Gasteiger partial charge in [0.15, 0.2) is 0 Å². The summed E-state index contributed by atoms with van der Waals surface area (Å²) in [5, 5.41) is 0.877. The maximum Gasteiger partial charge on any atom is 0.318 e. The highest BCUT2D eigenvalue weighted by Crippen LogP contribution is 2.65. The molecular weight excluding hydrogens is 540 g/mol. The predicted octanol–water partition coefficient (Wildman–Crippen LogP) is 10.4. The Kier molecular flexibility index (Phi) is 7.60. The van der Waals surface area contributed by atoms with Gasteiger partial charge in [0.2, 0.25) is 0 Å². The van der Waals surface area contributed by atoms with E-state index in [2.05, 4.69) is 4.74 Å². The molecule has 2 nitrogen and oxygen atoms in total. The third-order valence-corrected chi connectivity index (χ3v) is 9.11. The van der Waals surface area contributed by atoms with Crippen molar-refractivity contribution in [3.63, 3.8) is 0 Å². The lowest BCUT2D eigenvalue weighted by Crippen LogP contribution is -2.71. The van der Waals surface area contributed by atoms with Crippen LogP contribution in [0.4, 0.5) is 26.3 Å². The monoisotopic (exact) mass is 577 g/mol. The summed E-state index contributed by atoms with van der Waals surface area (Å²) in [5.74, 6) is -14.0. The van der Waals surface area contributed by atoms with Gasteiger partial charge in [-0.05, 0) is 43.2 Å². The van der Waals surface area contributed by atoms with Gasteiger partial charge < -0.3 is 9.30 Å². The summed E-state index contributed by atoms with van der Waals surface area (Å²) in [4.78, 5) is 0. The average molecular weight is 578 g/mol. The number of hydrogen-bond donors (Lipinski definition) is 0. The molecule has 0 spiro atoms. The summed E-state index contributed by atoms with van der Waals surface area (Å²) in [6.45, 7) is 6.86. The Bertz CT molecular complexity index is 1540. The zero-order chi connectivity index (χ0) is 30.6. The van der Waals surface area contributed by atoms with Crippen LogP contribution in [-0.4, -0.2) is 29.4 Å². The second-order valence-corrected chi connectivity index (χ2v) is 12.0. The first kappa shape index (κ1) is 30.9. The normalized spacial score (nSPS) is 16.6. The SMILES string of the molecule is CCC(C)(C)C(F)(F)C(F)(OC)C(F)(c1ccc2c(c1)c1ccccc1n2-c1ccccc1)C(F)(F)C(C)(C)CC. The largest absolute Gasteiger partial charge is 0.342 e. The van der Waals surface area contributed by atoms with E-state index in [4.69, 9.17) is 0 Å². The third kappa shape index (κ3) is 4.11. The molecule has 0 radical (unpaired) electrons. The number of hydrogen-bond acceptors (Lipinski definition) is 1. The van der Waals surface area contributed by atoms with E-state index in [0.717, 1.165) is 45.5 Å². The van der Waals surface area contributed by atoms with Crippen LogP contribution >= 0.6 is 0 Å². The van der Waals surface area contributed by atoms with Crippen molar-refractivity contribution >= 4 is 21.8 Å². The first-order chi connectivity index (χ1) is 19.0. The lowest BCUT2D eigenvalue weighted by molar-refractivity contribution is -0.402. The Labute approximate surface area is 237 Å². The van der Waals surface area contributed by atoms with Crippen LogP contribution in [-0.2, 0) is 10.4 Å². The summed E-state index contributed by atoms with van der Waals surface area (Å²) >= 11 is 0. The van der Waals surface area contributed by atoms with E-state index in [1.165, 1.54) is 19.9 Å². The highest BCUT2D eigenvalue weighted by atomic mass is 19.3. The topological polar surface area (TPSA) is 14.2 Å². The molecule has 2 unspecified atom stereocenters. The fraction of sp³-hybridized carbons (Fsp3) is 0.455. The van der Waals surface area contributed by atoms with Crippen molar-refractivity contribution in [2.75, 3.05) is 7.11 Å². The number of alkyl halides is 6. The minimum Gasteiger partial charge on any atom is -0.342 e. The molecule has 0 N–H and O–H groups in total. The molecular formula is C33H37F6NO. The molecule has 0 saturated heterocycles.